The fourth-order valence-corrected chi connectivity index (χ4v) is 3.76. The Morgan fingerprint density at radius 3 is 2.62 bits per heavy atom. The third kappa shape index (κ3) is 4.56. The number of hydrogen-bond donors (Lipinski definition) is 3. The van der Waals surface area contributed by atoms with E-state index in [-0.39, 0.29) is 6.04 Å². The number of nitrogens with zero attached hydrogens (tertiary/aromatic N) is 2. The molecule has 1 aromatic rings. The number of carbonyl (C=O) groups is 1. The first-order valence-electron chi connectivity index (χ1n) is 7.94. The molecule has 0 saturated carbocycles. The molecule has 2 rings (SSSR count). The summed E-state index contributed by atoms with van der Waals surface area (Å²) >= 11 is 0. The lowest BCUT2D eigenvalue weighted by Crippen LogP contribution is -2.44. The number of hydroxylamine groups is 1. The highest BCUT2D eigenvalue weighted by Crippen LogP contribution is 2.26. The van der Waals surface area contributed by atoms with Crippen LogP contribution in [0, 0.1) is 0 Å². The predicted octanol–water partition coefficient (Wildman–Crippen LogP) is 1.02. The average Bonchev–Trinajstić information content (AvgIpc) is 2.61. The van der Waals surface area contributed by atoms with E-state index in [4.69, 9.17) is 5.21 Å². The van der Waals surface area contributed by atoms with Gasteiger partial charge in [0.2, 0.25) is 10.9 Å². The summed E-state index contributed by atoms with van der Waals surface area (Å²) in [6.45, 7) is 3.85. The fourth-order valence-electron chi connectivity index (χ4n) is 3.03. The standard InChI is InChI=1S/C16H23N3O4S/c1-2-19(24(22)23)14-9-11-18(12-10-14)15-6-4-3-5-13(15)7-8-16(20)17-21/h3-8,14,21,24H,2,9-12H2,1H3,(H,17,20)/b8-7+. The maximum absolute atomic E-state index is 11.3. The molecular weight excluding hydrogens is 330 g/mol. The largest absolute Gasteiger partial charge is 0.371 e. The average molecular weight is 353 g/mol. The van der Waals surface area contributed by atoms with Gasteiger partial charge in [-0.3, -0.25) is 10.0 Å². The summed E-state index contributed by atoms with van der Waals surface area (Å²) in [5, 5.41) is 8.56. The normalized spacial score (nSPS) is 16.2. The first-order chi connectivity index (χ1) is 11.6. The zero-order chi connectivity index (χ0) is 17.5. The van der Waals surface area contributed by atoms with Crippen molar-refractivity contribution in [2.45, 2.75) is 25.8 Å². The Balaban J connectivity index is 2.09. The number of rotatable bonds is 6. The fraction of sp³-hybridized carbons (Fsp3) is 0.438. The summed E-state index contributed by atoms with van der Waals surface area (Å²) in [7, 11) is -2.54. The van der Waals surface area contributed by atoms with Gasteiger partial charge in [-0.15, -0.1) is 0 Å². The molecule has 0 atom stereocenters. The molecule has 0 radical (unpaired) electrons. The van der Waals surface area contributed by atoms with E-state index in [0.717, 1.165) is 37.2 Å². The van der Waals surface area contributed by atoms with Gasteiger partial charge in [0.05, 0.1) is 0 Å². The smallest absolute Gasteiger partial charge is 0.267 e. The molecule has 0 aliphatic carbocycles. The molecule has 1 heterocycles. The molecule has 24 heavy (non-hydrogen) atoms. The van der Waals surface area contributed by atoms with E-state index in [1.165, 1.54) is 10.4 Å². The van der Waals surface area contributed by atoms with Gasteiger partial charge in [0.25, 0.3) is 5.91 Å². The van der Waals surface area contributed by atoms with E-state index in [1.807, 2.05) is 31.2 Å². The molecule has 0 aromatic heterocycles. The second-order valence-electron chi connectivity index (χ2n) is 5.58. The summed E-state index contributed by atoms with van der Waals surface area (Å²) in [6.07, 6.45) is 4.46. The monoisotopic (exact) mass is 353 g/mol. The van der Waals surface area contributed by atoms with Crippen molar-refractivity contribution in [1.82, 2.24) is 9.79 Å². The van der Waals surface area contributed by atoms with E-state index in [2.05, 4.69) is 4.90 Å². The predicted molar refractivity (Wildman–Crippen MR) is 93.3 cm³/mol. The van der Waals surface area contributed by atoms with Gasteiger partial charge in [-0.05, 0) is 30.5 Å². The van der Waals surface area contributed by atoms with Gasteiger partial charge in [-0.25, -0.2) is 18.2 Å². The number of benzene rings is 1. The number of nitrogens with one attached hydrogen (secondary N) is 1. The maximum atomic E-state index is 11.3. The molecule has 1 aliphatic heterocycles. The number of carbonyl (C=O) groups excluding carboxylic acids is 1. The Morgan fingerprint density at radius 1 is 1.38 bits per heavy atom. The molecule has 7 nitrogen and oxygen atoms in total. The number of thiol groups is 1. The topological polar surface area (TPSA) is 89.9 Å². The SMILES string of the molecule is CCN(C1CCN(c2ccccc2/C=C/C(=O)NO)CC1)[SH](=O)=O. The summed E-state index contributed by atoms with van der Waals surface area (Å²) in [5.41, 5.74) is 3.44. The number of para-hydroxylation sites is 1. The van der Waals surface area contributed by atoms with Crippen LogP contribution >= 0.6 is 0 Å². The highest BCUT2D eigenvalue weighted by molar-refractivity contribution is 7.69. The van der Waals surface area contributed by atoms with E-state index >= 15 is 0 Å². The van der Waals surface area contributed by atoms with E-state index in [1.54, 1.807) is 11.6 Å². The number of anilines is 1. The zero-order valence-electron chi connectivity index (χ0n) is 13.6. The molecule has 0 spiro atoms. The third-order valence-corrected chi connectivity index (χ3v) is 5.25. The van der Waals surface area contributed by atoms with Crippen LogP contribution in [0.3, 0.4) is 0 Å². The second-order valence-corrected chi connectivity index (χ2v) is 6.57. The van der Waals surface area contributed by atoms with Crippen molar-refractivity contribution >= 4 is 28.6 Å². The minimum Gasteiger partial charge on any atom is -0.371 e. The number of amides is 1. The van der Waals surface area contributed by atoms with Crippen LogP contribution in [0.4, 0.5) is 5.69 Å². The van der Waals surface area contributed by atoms with Crippen molar-refractivity contribution in [2.75, 3.05) is 24.5 Å². The highest BCUT2D eigenvalue weighted by atomic mass is 32.2. The third-order valence-electron chi connectivity index (χ3n) is 4.22. The van der Waals surface area contributed by atoms with Gasteiger partial charge in [0, 0.05) is 37.4 Å². The molecule has 1 aromatic carbocycles. The summed E-state index contributed by atoms with van der Waals surface area (Å²) in [6, 6.07) is 7.74. The van der Waals surface area contributed by atoms with Crippen LogP contribution in [-0.2, 0) is 15.7 Å². The Hall–Kier alpha value is -1.90. The van der Waals surface area contributed by atoms with E-state index < -0.39 is 16.8 Å². The van der Waals surface area contributed by atoms with Gasteiger partial charge in [-0.2, -0.15) is 0 Å². The van der Waals surface area contributed by atoms with Crippen molar-refractivity contribution in [2.24, 2.45) is 0 Å². The molecule has 0 bridgehead atoms. The van der Waals surface area contributed by atoms with Crippen LogP contribution in [0.25, 0.3) is 6.08 Å². The zero-order valence-corrected chi connectivity index (χ0v) is 14.5. The molecule has 8 heteroatoms. The minimum atomic E-state index is -2.54. The number of piperidine rings is 1. The lowest BCUT2D eigenvalue weighted by atomic mass is 10.0. The maximum Gasteiger partial charge on any atom is 0.267 e. The molecule has 1 saturated heterocycles. The highest BCUT2D eigenvalue weighted by Gasteiger charge is 2.25. The molecular formula is C16H23N3O4S. The molecule has 1 aliphatic rings. The minimum absolute atomic E-state index is 0.0511. The Bertz CT molecular complexity index is 659. The quantitative estimate of drug-likeness (QED) is 0.307. The lowest BCUT2D eigenvalue weighted by Gasteiger charge is -2.37. The van der Waals surface area contributed by atoms with Crippen molar-refractivity contribution in [3.63, 3.8) is 0 Å². The van der Waals surface area contributed by atoms with Crippen LogP contribution in [0.2, 0.25) is 0 Å². The van der Waals surface area contributed by atoms with Gasteiger partial charge in [0.1, 0.15) is 0 Å². The molecule has 132 valence electrons. The van der Waals surface area contributed by atoms with Gasteiger partial charge in [0.15, 0.2) is 0 Å². The van der Waals surface area contributed by atoms with Gasteiger partial charge >= 0.3 is 0 Å². The van der Waals surface area contributed by atoms with Crippen molar-refractivity contribution in [1.29, 1.82) is 0 Å². The van der Waals surface area contributed by atoms with Crippen molar-refractivity contribution in [3.8, 4) is 0 Å². The Kier molecular flexibility index (Phi) is 6.77. The first kappa shape index (κ1) is 18.4. The summed E-state index contributed by atoms with van der Waals surface area (Å²) in [4.78, 5) is 13.4. The molecule has 1 fully saturated rings. The van der Waals surface area contributed by atoms with E-state index in [9.17, 15) is 13.2 Å². The van der Waals surface area contributed by atoms with Gasteiger partial charge in [-0.1, -0.05) is 25.1 Å². The van der Waals surface area contributed by atoms with Crippen LogP contribution < -0.4 is 10.4 Å². The lowest BCUT2D eigenvalue weighted by molar-refractivity contribution is -0.124. The first-order valence-corrected chi connectivity index (χ1v) is 9.07. The molecule has 0 unspecified atom stereocenters. The summed E-state index contributed by atoms with van der Waals surface area (Å²) in [5.74, 6) is -0.582. The van der Waals surface area contributed by atoms with Crippen LogP contribution in [0.15, 0.2) is 30.3 Å². The van der Waals surface area contributed by atoms with E-state index in [0.29, 0.717) is 6.54 Å². The summed E-state index contributed by atoms with van der Waals surface area (Å²) < 4.78 is 24.1. The second kappa shape index (κ2) is 8.81. The Labute approximate surface area is 143 Å². The van der Waals surface area contributed by atoms with Crippen LogP contribution in [0.1, 0.15) is 25.3 Å². The molecule has 2 N–H and O–H groups in total. The van der Waals surface area contributed by atoms with Gasteiger partial charge < -0.3 is 4.90 Å². The van der Waals surface area contributed by atoms with Crippen molar-refractivity contribution < 1.29 is 18.4 Å². The Morgan fingerprint density at radius 2 is 2.04 bits per heavy atom. The van der Waals surface area contributed by atoms with Crippen LogP contribution in [0.5, 0.6) is 0 Å². The number of hydrogen-bond acceptors (Lipinski definition) is 5. The van der Waals surface area contributed by atoms with Crippen molar-refractivity contribution in [3.05, 3.63) is 35.9 Å². The van der Waals surface area contributed by atoms with Crippen LogP contribution in [-0.4, -0.2) is 49.5 Å². The molecule has 1 amide bonds.